The van der Waals surface area contributed by atoms with Crippen molar-refractivity contribution in [2.75, 3.05) is 13.1 Å². The Bertz CT molecular complexity index is 813. The summed E-state index contributed by atoms with van der Waals surface area (Å²) in [6, 6.07) is 11.5. The predicted molar refractivity (Wildman–Crippen MR) is 102 cm³/mol. The van der Waals surface area contributed by atoms with Crippen LogP contribution in [0.15, 0.2) is 36.4 Å². The van der Waals surface area contributed by atoms with Gasteiger partial charge in [0, 0.05) is 23.2 Å². The number of piperidine rings is 1. The minimum absolute atomic E-state index is 0.0739. The van der Waals surface area contributed by atoms with Crippen molar-refractivity contribution < 1.29 is 9.13 Å². The van der Waals surface area contributed by atoms with E-state index in [0.29, 0.717) is 11.4 Å². The molecule has 3 nitrogen and oxygen atoms in total. The van der Waals surface area contributed by atoms with Crippen LogP contribution in [0.1, 0.15) is 35.6 Å². The molecule has 0 amide bonds. The summed E-state index contributed by atoms with van der Waals surface area (Å²) in [7, 11) is 0. The van der Waals surface area contributed by atoms with Crippen LogP contribution in [0.2, 0.25) is 5.02 Å². The van der Waals surface area contributed by atoms with Crippen LogP contribution in [-0.4, -0.2) is 30.1 Å². The molecule has 0 saturated carbocycles. The average molecular weight is 375 g/mol. The van der Waals surface area contributed by atoms with E-state index in [1.807, 2.05) is 37.3 Å². The van der Waals surface area contributed by atoms with Crippen LogP contribution in [0.3, 0.4) is 0 Å². The Morgan fingerprint density at radius 1 is 1.27 bits per heavy atom. The van der Waals surface area contributed by atoms with Gasteiger partial charge in [-0.05, 0) is 68.1 Å². The van der Waals surface area contributed by atoms with Crippen LogP contribution in [0.4, 0.5) is 4.39 Å². The first-order chi connectivity index (χ1) is 12.5. The summed E-state index contributed by atoms with van der Waals surface area (Å²) in [6.45, 7) is 3.82. The normalized spacial score (nSPS) is 25.9. The standard InChI is InChI=1S/C21H24ClFN2O/c1-13-4-2-6-16(8-13)26-21-18-9-14(22)10-19(23)17(18)11-20(21)25-7-3-5-15(24)12-25/h2,4,6,8-10,15,20-21H,3,5,7,11-12,24H2,1H3/t15-,20+,21+/m1/s1. The molecule has 4 rings (SSSR count). The summed E-state index contributed by atoms with van der Waals surface area (Å²) in [5.74, 6) is 0.559. The third-order valence-corrected chi connectivity index (χ3v) is 5.69. The van der Waals surface area contributed by atoms with Crippen LogP contribution in [0.25, 0.3) is 0 Å². The van der Waals surface area contributed by atoms with Gasteiger partial charge in [-0.25, -0.2) is 4.39 Å². The first-order valence-corrected chi connectivity index (χ1v) is 9.60. The maximum Gasteiger partial charge on any atom is 0.140 e. The van der Waals surface area contributed by atoms with Crippen molar-refractivity contribution in [2.45, 2.75) is 44.4 Å². The molecule has 1 aliphatic carbocycles. The minimum Gasteiger partial charge on any atom is -0.484 e. The number of halogens is 2. The molecule has 26 heavy (non-hydrogen) atoms. The zero-order valence-electron chi connectivity index (χ0n) is 14.9. The lowest BCUT2D eigenvalue weighted by Gasteiger charge is -2.38. The van der Waals surface area contributed by atoms with Crippen molar-refractivity contribution in [1.29, 1.82) is 0 Å². The van der Waals surface area contributed by atoms with E-state index in [0.717, 1.165) is 48.4 Å². The quantitative estimate of drug-likeness (QED) is 0.872. The number of nitrogens with two attached hydrogens (primary N) is 1. The lowest BCUT2D eigenvalue weighted by molar-refractivity contribution is 0.0592. The number of nitrogens with zero attached hydrogens (tertiary/aromatic N) is 1. The summed E-state index contributed by atoms with van der Waals surface area (Å²) < 4.78 is 20.9. The van der Waals surface area contributed by atoms with Crippen molar-refractivity contribution in [1.82, 2.24) is 4.90 Å². The lowest BCUT2D eigenvalue weighted by Crippen LogP contribution is -2.49. The second-order valence-corrected chi connectivity index (χ2v) is 7.92. The highest BCUT2D eigenvalue weighted by molar-refractivity contribution is 6.30. The number of likely N-dealkylation sites (tertiary alicyclic amines) is 1. The number of benzene rings is 2. The summed E-state index contributed by atoms with van der Waals surface area (Å²) in [6.07, 6.45) is 2.49. The van der Waals surface area contributed by atoms with Crippen LogP contribution in [0, 0.1) is 12.7 Å². The molecule has 0 radical (unpaired) electrons. The number of hydrogen-bond donors (Lipinski definition) is 1. The fraction of sp³-hybridized carbons (Fsp3) is 0.429. The largest absolute Gasteiger partial charge is 0.484 e. The Balaban J connectivity index is 1.70. The average Bonchev–Trinajstić information content (AvgIpc) is 2.94. The van der Waals surface area contributed by atoms with Crippen molar-refractivity contribution in [3.05, 3.63) is 63.9 Å². The van der Waals surface area contributed by atoms with Crippen molar-refractivity contribution in [2.24, 2.45) is 5.73 Å². The molecule has 0 spiro atoms. The van der Waals surface area contributed by atoms with E-state index >= 15 is 0 Å². The Labute approximate surface area is 158 Å². The van der Waals surface area contributed by atoms with Gasteiger partial charge in [-0.1, -0.05) is 23.7 Å². The highest BCUT2D eigenvalue weighted by Crippen LogP contribution is 2.41. The predicted octanol–water partition coefficient (Wildman–Crippen LogP) is 4.26. The molecule has 0 aromatic heterocycles. The second kappa shape index (κ2) is 7.18. The summed E-state index contributed by atoms with van der Waals surface area (Å²) in [4.78, 5) is 2.36. The second-order valence-electron chi connectivity index (χ2n) is 7.48. The lowest BCUT2D eigenvalue weighted by atomic mass is 10.0. The smallest absolute Gasteiger partial charge is 0.140 e. The molecule has 3 atom stereocenters. The molecule has 2 aromatic rings. The van der Waals surface area contributed by atoms with Gasteiger partial charge in [0.2, 0.25) is 0 Å². The summed E-state index contributed by atoms with van der Waals surface area (Å²) in [5, 5.41) is 0.412. The van der Waals surface area contributed by atoms with E-state index in [1.165, 1.54) is 6.07 Å². The summed E-state index contributed by atoms with van der Waals surface area (Å²) in [5.41, 5.74) is 8.91. The molecule has 1 saturated heterocycles. The molecule has 2 aliphatic rings. The van der Waals surface area contributed by atoms with Crippen LogP contribution in [-0.2, 0) is 6.42 Å². The monoisotopic (exact) mass is 374 g/mol. The first-order valence-electron chi connectivity index (χ1n) is 9.22. The maximum atomic E-state index is 14.6. The zero-order chi connectivity index (χ0) is 18.3. The van der Waals surface area contributed by atoms with E-state index in [1.54, 1.807) is 0 Å². The molecule has 1 fully saturated rings. The number of rotatable bonds is 3. The van der Waals surface area contributed by atoms with Crippen molar-refractivity contribution in [3.63, 3.8) is 0 Å². The van der Waals surface area contributed by atoms with Crippen LogP contribution < -0.4 is 10.5 Å². The number of ether oxygens (including phenoxy) is 1. The fourth-order valence-electron chi connectivity index (χ4n) is 4.26. The van der Waals surface area contributed by atoms with Gasteiger partial charge in [0.25, 0.3) is 0 Å². The Morgan fingerprint density at radius 2 is 2.12 bits per heavy atom. The Kier molecular flexibility index (Phi) is 4.91. The van der Waals surface area contributed by atoms with Gasteiger partial charge in [-0.3, -0.25) is 4.90 Å². The van der Waals surface area contributed by atoms with E-state index in [4.69, 9.17) is 22.1 Å². The fourth-order valence-corrected chi connectivity index (χ4v) is 4.47. The van der Waals surface area contributed by atoms with Gasteiger partial charge in [0.15, 0.2) is 0 Å². The molecule has 1 heterocycles. The zero-order valence-corrected chi connectivity index (χ0v) is 15.7. The molecular formula is C21H24ClFN2O. The third kappa shape index (κ3) is 3.46. The van der Waals surface area contributed by atoms with E-state index in [2.05, 4.69) is 4.90 Å². The molecule has 2 aromatic carbocycles. The molecule has 5 heteroatoms. The van der Waals surface area contributed by atoms with Gasteiger partial charge in [-0.2, -0.15) is 0 Å². The molecule has 138 valence electrons. The highest BCUT2D eigenvalue weighted by Gasteiger charge is 2.41. The van der Waals surface area contributed by atoms with Gasteiger partial charge >= 0.3 is 0 Å². The van der Waals surface area contributed by atoms with Gasteiger partial charge in [0.05, 0.1) is 6.04 Å². The molecule has 0 unspecified atom stereocenters. The third-order valence-electron chi connectivity index (χ3n) is 5.47. The van der Waals surface area contributed by atoms with Crippen molar-refractivity contribution >= 4 is 11.6 Å². The molecular weight excluding hydrogens is 351 g/mol. The maximum absolute atomic E-state index is 14.6. The number of hydrogen-bond acceptors (Lipinski definition) is 3. The Hall–Kier alpha value is -1.62. The van der Waals surface area contributed by atoms with Gasteiger partial charge < -0.3 is 10.5 Å². The number of fused-ring (bicyclic) bond motifs is 1. The van der Waals surface area contributed by atoms with Gasteiger partial charge in [-0.15, -0.1) is 0 Å². The first kappa shape index (κ1) is 17.8. The van der Waals surface area contributed by atoms with E-state index in [-0.39, 0.29) is 24.0 Å². The van der Waals surface area contributed by atoms with E-state index in [9.17, 15) is 4.39 Å². The number of aryl methyl sites for hydroxylation is 1. The Morgan fingerprint density at radius 3 is 2.88 bits per heavy atom. The SMILES string of the molecule is Cc1cccc(O[C@H]2c3cc(Cl)cc(F)c3C[C@@H]2N2CCC[C@@H](N)C2)c1. The summed E-state index contributed by atoms with van der Waals surface area (Å²) >= 11 is 6.15. The highest BCUT2D eigenvalue weighted by atomic mass is 35.5. The molecule has 2 N–H and O–H groups in total. The topological polar surface area (TPSA) is 38.5 Å². The molecule has 0 bridgehead atoms. The van der Waals surface area contributed by atoms with Crippen LogP contribution >= 0.6 is 11.6 Å². The van der Waals surface area contributed by atoms with Crippen molar-refractivity contribution in [3.8, 4) is 5.75 Å². The molecule has 1 aliphatic heterocycles. The van der Waals surface area contributed by atoms with Gasteiger partial charge in [0.1, 0.15) is 17.7 Å². The van der Waals surface area contributed by atoms with Crippen LogP contribution in [0.5, 0.6) is 5.75 Å². The van der Waals surface area contributed by atoms with E-state index < -0.39 is 0 Å². The minimum atomic E-state index is -0.245.